The molecule has 1 N–H and O–H groups in total. The maximum absolute atomic E-state index is 11.9. The van der Waals surface area contributed by atoms with Crippen LogP contribution in [-0.4, -0.2) is 10.9 Å². The summed E-state index contributed by atoms with van der Waals surface area (Å²) < 4.78 is 0. The molecular formula is C16H17ClN2O. The van der Waals surface area contributed by atoms with Gasteiger partial charge in [-0.25, -0.2) is 0 Å². The van der Waals surface area contributed by atoms with Gasteiger partial charge in [0.1, 0.15) is 0 Å². The number of pyridine rings is 1. The van der Waals surface area contributed by atoms with E-state index >= 15 is 0 Å². The molecule has 4 heteroatoms. The predicted molar refractivity (Wildman–Crippen MR) is 80.6 cm³/mol. The van der Waals surface area contributed by atoms with E-state index in [4.69, 9.17) is 11.6 Å². The highest BCUT2D eigenvalue weighted by Gasteiger charge is 2.09. The SMILES string of the molecule is CC(NC(=O)CCc1ccc(Cl)cc1)c1cccnc1. The van der Waals surface area contributed by atoms with Crippen LogP contribution in [-0.2, 0) is 11.2 Å². The van der Waals surface area contributed by atoms with Crippen LogP contribution in [0.1, 0.15) is 30.5 Å². The Morgan fingerprint density at radius 2 is 2.05 bits per heavy atom. The molecule has 20 heavy (non-hydrogen) atoms. The Labute approximate surface area is 124 Å². The van der Waals surface area contributed by atoms with Gasteiger partial charge in [-0.1, -0.05) is 29.8 Å². The van der Waals surface area contributed by atoms with Crippen molar-refractivity contribution in [1.29, 1.82) is 0 Å². The molecule has 1 amide bonds. The van der Waals surface area contributed by atoms with Crippen molar-refractivity contribution in [2.75, 3.05) is 0 Å². The van der Waals surface area contributed by atoms with Gasteiger partial charge in [-0.3, -0.25) is 9.78 Å². The topological polar surface area (TPSA) is 42.0 Å². The number of halogens is 1. The number of amides is 1. The molecule has 1 aromatic carbocycles. The van der Waals surface area contributed by atoms with E-state index in [-0.39, 0.29) is 11.9 Å². The van der Waals surface area contributed by atoms with Crippen LogP contribution in [0.2, 0.25) is 5.02 Å². The zero-order valence-corrected chi connectivity index (χ0v) is 12.1. The monoisotopic (exact) mass is 288 g/mol. The van der Waals surface area contributed by atoms with E-state index in [1.807, 2.05) is 43.3 Å². The molecule has 0 bridgehead atoms. The van der Waals surface area contributed by atoms with Gasteiger partial charge in [0.15, 0.2) is 0 Å². The minimum absolute atomic E-state index is 0.0265. The van der Waals surface area contributed by atoms with Crippen molar-refractivity contribution in [2.45, 2.75) is 25.8 Å². The highest BCUT2D eigenvalue weighted by atomic mass is 35.5. The largest absolute Gasteiger partial charge is 0.350 e. The second-order valence-corrected chi connectivity index (χ2v) is 5.14. The number of benzene rings is 1. The molecule has 0 aliphatic carbocycles. The van der Waals surface area contributed by atoms with Crippen LogP contribution < -0.4 is 5.32 Å². The Balaban J connectivity index is 1.82. The first-order valence-corrected chi connectivity index (χ1v) is 6.96. The summed E-state index contributed by atoms with van der Waals surface area (Å²) in [6, 6.07) is 11.4. The van der Waals surface area contributed by atoms with Crippen molar-refractivity contribution in [3.8, 4) is 0 Å². The van der Waals surface area contributed by atoms with Crippen molar-refractivity contribution in [2.24, 2.45) is 0 Å². The number of hydrogen-bond acceptors (Lipinski definition) is 2. The van der Waals surface area contributed by atoms with Gasteiger partial charge in [-0.2, -0.15) is 0 Å². The molecule has 0 aliphatic rings. The molecule has 2 rings (SSSR count). The van der Waals surface area contributed by atoms with E-state index in [0.717, 1.165) is 11.1 Å². The highest BCUT2D eigenvalue weighted by Crippen LogP contribution is 2.12. The number of aromatic nitrogens is 1. The van der Waals surface area contributed by atoms with Crippen molar-refractivity contribution in [3.05, 3.63) is 64.9 Å². The molecule has 0 radical (unpaired) electrons. The Hall–Kier alpha value is -1.87. The van der Waals surface area contributed by atoms with Crippen LogP contribution in [0.4, 0.5) is 0 Å². The van der Waals surface area contributed by atoms with Crippen molar-refractivity contribution in [3.63, 3.8) is 0 Å². The van der Waals surface area contributed by atoms with Gasteiger partial charge in [-0.05, 0) is 42.7 Å². The van der Waals surface area contributed by atoms with E-state index < -0.39 is 0 Å². The fourth-order valence-corrected chi connectivity index (χ4v) is 2.06. The Morgan fingerprint density at radius 1 is 1.30 bits per heavy atom. The van der Waals surface area contributed by atoms with Gasteiger partial charge in [0.05, 0.1) is 6.04 Å². The van der Waals surface area contributed by atoms with E-state index in [9.17, 15) is 4.79 Å². The lowest BCUT2D eigenvalue weighted by Crippen LogP contribution is -2.26. The number of nitrogens with one attached hydrogen (secondary N) is 1. The summed E-state index contributed by atoms with van der Waals surface area (Å²) in [7, 11) is 0. The van der Waals surface area contributed by atoms with Crippen LogP contribution in [0.5, 0.6) is 0 Å². The molecule has 3 nitrogen and oxygen atoms in total. The van der Waals surface area contributed by atoms with Crippen LogP contribution in [0.25, 0.3) is 0 Å². The molecule has 0 aliphatic heterocycles. The Bertz CT molecular complexity index is 554. The minimum Gasteiger partial charge on any atom is -0.350 e. The zero-order chi connectivity index (χ0) is 14.4. The molecule has 1 aromatic heterocycles. The number of rotatable bonds is 5. The summed E-state index contributed by atoms with van der Waals surface area (Å²) in [6.07, 6.45) is 4.66. The predicted octanol–water partition coefficient (Wildman–Crippen LogP) is 3.55. The van der Waals surface area contributed by atoms with Crippen molar-refractivity contribution < 1.29 is 4.79 Å². The van der Waals surface area contributed by atoms with E-state index in [2.05, 4.69) is 10.3 Å². The quantitative estimate of drug-likeness (QED) is 0.914. The number of aryl methyl sites for hydroxylation is 1. The molecule has 2 aromatic rings. The first kappa shape index (κ1) is 14.5. The average molecular weight is 289 g/mol. The summed E-state index contributed by atoms with van der Waals surface area (Å²) in [5.74, 6) is 0.0382. The van der Waals surface area contributed by atoms with Crippen LogP contribution in [0, 0.1) is 0 Å². The second kappa shape index (κ2) is 7.06. The minimum atomic E-state index is -0.0265. The summed E-state index contributed by atoms with van der Waals surface area (Å²) in [4.78, 5) is 16.0. The summed E-state index contributed by atoms with van der Waals surface area (Å²) in [6.45, 7) is 1.96. The zero-order valence-electron chi connectivity index (χ0n) is 11.3. The third kappa shape index (κ3) is 4.35. The maximum Gasteiger partial charge on any atom is 0.220 e. The Kier molecular flexibility index (Phi) is 5.13. The second-order valence-electron chi connectivity index (χ2n) is 4.70. The third-order valence-corrected chi connectivity index (χ3v) is 3.37. The first-order chi connectivity index (χ1) is 9.65. The highest BCUT2D eigenvalue weighted by molar-refractivity contribution is 6.30. The van der Waals surface area contributed by atoms with E-state index in [1.54, 1.807) is 12.4 Å². The first-order valence-electron chi connectivity index (χ1n) is 6.59. The molecule has 1 unspecified atom stereocenters. The summed E-state index contributed by atoms with van der Waals surface area (Å²) >= 11 is 5.83. The number of carbonyl (C=O) groups excluding carboxylic acids is 1. The van der Waals surface area contributed by atoms with Crippen LogP contribution in [0.15, 0.2) is 48.8 Å². The number of nitrogens with zero attached hydrogens (tertiary/aromatic N) is 1. The number of hydrogen-bond donors (Lipinski definition) is 1. The van der Waals surface area contributed by atoms with Gasteiger partial charge in [-0.15, -0.1) is 0 Å². The summed E-state index contributed by atoms with van der Waals surface area (Å²) in [5.41, 5.74) is 2.12. The lowest BCUT2D eigenvalue weighted by molar-refractivity contribution is -0.121. The summed E-state index contributed by atoms with van der Waals surface area (Å²) in [5, 5.41) is 3.68. The van der Waals surface area contributed by atoms with Crippen molar-refractivity contribution in [1.82, 2.24) is 10.3 Å². The van der Waals surface area contributed by atoms with Gasteiger partial charge in [0.25, 0.3) is 0 Å². The van der Waals surface area contributed by atoms with E-state index in [0.29, 0.717) is 17.9 Å². The average Bonchev–Trinajstić information content (AvgIpc) is 2.47. The fourth-order valence-electron chi connectivity index (χ4n) is 1.94. The van der Waals surface area contributed by atoms with Gasteiger partial charge in [0, 0.05) is 23.8 Å². The molecule has 0 fully saturated rings. The van der Waals surface area contributed by atoms with Crippen LogP contribution >= 0.6 is 11.6 Å². The Morgan fingerprint density at radius 3 is 2.70 bits per heavy atom. The third-order valence-electron chi connectivity index (χ3n) is 3.12. The van der Waals surface area contributed by atoms with Crippen molar-refractivity contribution >= 4 is 17.5 Å². The molecule has 104 valence electrons. The molecule has 0 saturated carbocycles. The maximum atomic E-state index is 11.9. The lowest BCUT2D eigenvalue weighted by Gasteiger charge is -2.13. The normalized spacial score (nSPS) is 11.9. The van der Waals surface area contributed by atoms with Gasteiger partial charge < -0.3 is 5.32 Å². The lowest BCUT2D eigenvalue weighted by atomic mass is 10.1. The van der Waals surface area contributed by atoms with Crippen LogP contribution in [0.3, 0.4) is 0 Å². The molecule has 1 atom stereocenters. The van der Waals surface area contributed by atoms with Gasteiger partial charge in [0.2, 0.25) is 5.91 Å². The molecule has 0 spiro atoms. The standard InChI is InChI=1S/C16H17ClN2O/c1-12(14-3-2-10-18-11-14)19-16(20)9-6-13-4-7-15(17)8-5-13/h2-5,7-8,10-12H,6,9H2,1H3,(H,19,20). The fraction of sp³-hybridized carbons (Fsp3) is 0.250. The smallest absolute Gasteiger partial charge is 0.220 e. The van der Waals surface area contributed by atoms with Gasteiger partial charge >= 0.3 is 0 Å². The molecule has 1 heterocycles. The molecule has 0 saturated heterocycles. The molecular weight excluding hydrogens is 272 g/mol. The number of carbonyl (C=O) groups is 1. The van der Waals surface area contributed by atoms with E-state index in [1.165, 1.54) is 0 Å².